The molecule has 0 saturated heterocycles. The topological polar surface area (TPSA) is 62.5 Å². The molecule has 1 amide bonds. The van der Waals surface area contributed by atoms with Gasteiger partial charge in [-0.25, -0.2) is 4.98 Å². The quantitative estimate of drug-likeness (QED) is 0.508. The van der Waals surface area contributed by atoms with Crippen molar-refractivity contribution in [2.75, 3.05) is 16.8 Å². The smallest absolute Gasteiger partial charge is 0.365 e. The van der Waals surface area contributed by atoms with Gasteiger partial charge in [-0.15, -0.1) is 0 Å². The molecule has 1 aliphatic rings. The van der Waals surface area contributed by atoms with Crippen molar-refractivity contribution in [1.82, 2.24) is 14.4 Å². The van der Waals surface area contributed by atoms with E-state index in [9.17, 15) is 18.0 Å². The first-order valence-corrected chi connectivity index (χ1v) is 10.0. The lowest BCUT2D eigenvalue weighted by Crippen LogP contribution is -2.21. The van der Waals surface area contributed by atoms with Gasteiger partial charge in [-0.2, -0.15) is 13.2 Å². The molecule has 0 fully saturated rings. The predicted octanol–water partition coefficient (Wildman–Crippen LogP) is 4.56. The van der Waals surface area contributed by atoms with Crippen LogP contribution in [-0.4, -0.2) is 26.8 Å². The first-order valence-electron chi connectivity index (χ1n) is 10.0. The maximum atomic E-state index is 12.9. The van der Waals surface area contributed by atoms with Gasteiger partial charge in [0.1, 0.15) is 0 Å². The van der Waals surface area contributed by atoms with Crippen LogP contribution in [-0.2, 0) is 19.1 Å². The number of rotatable bonds is 4. The van der Waals surface area contributed by atoms with Crippen LogP contribution < -0.4 is 10.2 Å². The average Bonchev–Trinajstić information content (AvgIpc) is 3.38. The van der Waals surface area contributed by atoms with Gasteiger partial charge in [-0.1, -0.05) is 12.1 Å². The number of halogens is 3. The molecule has 4 aromatic rings. The fourth-order valence-corrected chi connectivity index (χ4v) is 3.93. The highest BCUT2D eigenvalue weighted by Gasteiger charge is 2.30. The zero-order chi connectivity index (χ0) is 22.3. The van der Waals surface area contributed by atoms with Crippen LogP contribution in [0.25, 0.3) is 5.65 Å². The summed E-state index contributed by atoms with van der Waals surface area (Å²) < 4.78 is 40.8. The number of alkyl halides is 3. The van der Waals surface area contributed by atoms with Gasteiger partial charge in [-0.3, -0.25) is 14.2 Å². The van der Waals surface area contributed by atoms with E-state index in [1.54, 1.807) is 30.7 Å². The number of hydrogen-bond donors (Lipinski definition) is 1. The summed E-state index contributed by atoms with van der Waals surface area (Å²) >= 11 is 0. The Hall–Kier alpha value is -3.88. The van der Waals surface area contributed by atoms with Crippen LogP contribution in [0.2, 0.25) is 0 Å². The van der Waals surface area contributed by atoms with Crippen LogP contribution in [0.5, 0.6) is 0 Å². The van der Waals surface area contributed by atoms with Crippen molar-refractivity contribution in [3.8, 4) is 0 Å². The molecule has 0 saturated carbocycles. The SMILES string of the molecule is O=C(Nc1cccc(C(F)(F)F)c1)c1ccc2c(c1)N(Cc1cnc3cnccn13)CC2. The highest BCUT2D eigenvalue weighted by molar-refractivity contribution is 6.05. The third-order valence-electron chi connectivity index (χ3n) is 5.53. The maximum Gasteiger partial charge on any atom is 0.416 e. The lowest BCUT2D eigenvalue weighted by molar-refractivity contribution is -0.137. The molecule has 0 bridgehead atoms. The van der Waals surface area contributed by atoms with Crippen molar-refractivity contribution in [3.05, 3.63) is 89.6 Å². The zero-order valence-electron chi connectivity index (χ0n) is 16.8. The Bertz CT molecular complexity index is 1310. The second-order valence-corrected chi connectivity index (χ2v) is 7.60. The van der Waals surface area contributed by atoms with E-state index in [1.807, 2.05) is 16.7 Å². The molecule has 2 aromatic heterocycles. The molecule has 0 spiro atoms. The van der Waals surface area contributed by atoms with E-state index in [4.69, 9.17) is 0 Å². The van der Waals surface area contributed by atoms with Crippen molar-refractivity contribution >= 4 is 22.9 Å². The second-order valence-electron chi connectivity index (χ2n) is 7.60. The summed E-state index contributed by atoms with van der Waals surface area (Å²) in [6.45, 7) is 1.41. The van der Waals surface area contributed by atoms with Gasteiger partial charge < -0.3 is 10.2 Å². The number of nitrogens with zero attached hydrogens (tertiary/aromatic N) is 4. The Kier molecular flexibility index (Phi) is 4.80. The summed E-state index contributed by atoms with van der Waals surface area (Å²) in [5.74, 6) is -0.458. The van der Waals surface area contributed by atoms with Crippen LogP contribution in [0.3, 0.4) is 0 Å². The number of carbonyl (C=O) groups excluding carboxylic acids is 1. The van der Waals surface area contributed by atoms with Crippen LogP contribution >= 0.6 is 0 Å². The molecular formula is C23H18F3N5O. The van der Waals surface area contributed by atoms with E-state index in [-0.39, 0.29) is 5.69 Å². The molecule has 0 unspecified atom stereocenters. The largest absolute Gasteiger partial charge is 0.416 e. The van der Waals surface area contributed by atoms with Crippen molar-refractivity contribution < 1.29 is 18.0 Å². The molecule has 3 heterocycles. The minimum atomic E-state index is -4.47. The summed E-state index contributed by atoms with van der Waals surface area (Å²) in [5.41, 5.74) is 3.49. The number of aromatic nitrogens is 3. The van der Waals surface area contributed by atoms with Crippen molar-refractivity contribution in [2.24, 2.45) is 0 Å². The van der Waals surface area contributed by atoms with E-state index >= 15 is 0 Å². The van der Waals surface area contributed by atoms with E-state index in [1.165, 1.54) is 12.1 Å². The maximum absolute atomic E-state index is 12.9. The molecule has 162 valence electrons. The third kappa shape index (κ3) is 3.77. The summed E-state index contributed by atoms with van der Waals surface area (Å²) in [4.78, 5) is 23.3. The van der Waals surface area contributed by atoms with Gasteiger partial charge in [0.2, 0.25) is 0 Å². The van der Waals surface area contributed by atoms with E-state index in [2.05, 4.69) is 20.2 Å². The molecule has 1 N–H and O–H groups in total. The number of hydrogen-bond acceptors (Lipinski definition) is 4. The van der Waals surface area contributed by atoms with Crippen LogP contribution in [0.15, 0.2) is 67.3 Å². The number of amides is 1. The number of nitrogens with one attached hydrogen (secondary N) is 1. The molecule has 0 aliphatic carbocycles. The van der Waals surface area contributed by atoms with Crippen molar-refractivity contribution in [3.63, 3.8) is 0 Å². The fraction of sp³-hybridized carbons (Fsp3) is 0.174. The monoisotopic (exact) mass is 437 g/mol. The minimum Gasteiger partial charge on any atom is -0.365 e. The summed E-state index contributed by atoms with van der Waals surface area (Å²) in [6, 6.07) is 9.99. The highest BCUT2D eigenvalue weighted by Crippen LogP contribution is 2.32. The number of carbonyl (C=O) groups is 1. The fourth-order valence-electron chi connectivity index (χ4n) is 3.93. The van der Waals surface area contributed by atoms with Crippen molar-refractivity contribution in [2.45, 2.75) is 19.1 Å². The molecule has 0 atom stereocenters. The molecule has 0 radical (unpaired) electrons. The van der Waals surface area contributed by atoms with Crippen molar-refractivity contribution in [1.29, 1.82) is 0 Å². The number of benzene rings is 2. The Morgan fingerprint density at radius 3 is 2.84 bits per heavy atom. The Balaban J connectivity index is 1.37. The van der Waals surface area contributed by atoms with Crippen LogP contribution in [0.1, 0.15) is 27.2 Å². The normalized spacial score (nSPS) is 13.4. The standard InChI is InChI=1S/C23H18F3N5O/c24-23(25,26)17-2-1-3-18(11-17)29-22(32)16-5-4-15-6-8-30(20(15)10-16)14-19-12-28-21-13-27-7-9-31(19)21/h1-5,7,9-13H,6,8,14H2,(H,29,32). The molecular weight excluding hydrogens is 419 g/mol. The molecule has 6 nitrogen and oxygen atoms in total. The van der Waals surface area contributed by atoms with E-state index < -0.39 is 17.6 Å². The van der Waals surface area contributed by atoms with E-state index in [0.717, 1.165) is 47.7 Å². The molecule has 2 aromatic carbocycles. The van der Waals surface area contributed by atoms with Gasteiger partial charge in [0.15, 0.2) is 5.65 Å². The summed E-state index contributed by atoms with van der Waals surface area (Å²) in [5, 5.41) is 2.57. The third-order valence-corrected chi connectivity index (χ3v) is 5.53. The van der Waals surface area contributed by atoms with Crippen LogP contribution in [0.4, 0.5) is 24.5 Å². The molecule has 5 rings (SSSR count). The first kappa shape index (κ1) is 20.0. The summed E-state index contributed by atoms with van der Waals surface area (Å²) in [7, 11) is 0. The number of imidazole rings is 1. The number of fused-ring (bicyclic) bond motifs is 2. The minimum absolute atomic E-state index is 0.0986. The van der Waals surface area contributed by atoms with Crippen LogP contribution in [0, 0.1) is 0 Å². The summed E-state index contributed by atoms with van der Waals surface area (Å²) in [6.07, 6.45) is 3.43. The molecule has 1 aliphatic heterocycles. The number of anilines is 2. The Labute approximate surface area is 181 Å². The van der Waals surface area contributed by atoms with Gasteiger partial charge in [-0.05, 0) is 42.3 Å². The zero-order valence-corrected chi connectivity index (χ0v) is 16.8. The first-order chi connectivity index (χ1) is 15.4. The van der Waals surface area contributed by atoms with Gasteiger partial charge in [0, 0.05) is 35.9 Å². The van der Waals surface area contributed by atoms with Gasteiger partial charge in [0.25, 0.3) is 5.91 Å². The van der Waals surface area contributed by atoms with Gasteiger partial charge in [0.05, 0.1) is 30.2 Å². The lowest BCUT2D eigenvalue weighted by atomic mass is 10.1. The molecule has 32 heavy (non-hydrogen) atoms. The van der Waals surface area contributed by atoms with Gasteiger partial charge >= 0.3 is 6.18 Å². The Morgan fingerprint density at radius 1 is 1.12 bits per heavy atom. The van der Waals surface area contributed by atoms with E-state index in [0.29, 0.717) is 12.1 Å². The molecule has 9 heteroatoms. The lowest BCUT2D eigenvalue weighted by Gasteiger charge is -2.19. The highest BCUT2D eigenvalue weighted by atomic mass is 19.4. The second kappa shape index (κ2) is 7.67. The Morgan fingerprint density at radius 2 is 2.00 bits per heavy atom. The average molecular weight is 437 g/mol. The predicted molar refractivity (Wildman–Crippen MR) is 114 cm³/mol.